The fourth-order valence-electron chi connectivity index (χ4n) is 5.53. The van der Waals surface area contributed by atoms with Gasteiger partial charge in [0, 0.05) is 29.5 Å². The molecular formula is C23H27ClN6O2S. The summed E-state index contributed by atoms with van der Waals surface area (Å²) in [6.07, 6.45) is 12.8. The summed E-state index contributed by atoms with van der Waals surface area (Å²) >= 11 is 5.94. The summed E-state index contributed by atoms with van der Waals surface area (Å²) in [4.78, 5) is 14.6. The van der Waals surface area contributed by atoms with Crippen LogP contribution in [0.5, 0.6) is 0 Å². The van der Waals surface area contributed by atoms with Gasteiger partial charge in [0.05, 0.1) is 45.1 Å². The van der Waals surface area contributed by atoms with Gasteiger partial charge >= 0.3 is 0 Å². The van der Waals surface area contributed by atoms with Gasteiger partial charge in [0.15, 0.2) is 5.65 Å². The van der Waals surface area contributed by atoms with Crippen molar-refractivity contribution in [1.82, 2.24) is 24.7 Å². The molecule has 0 radical (unpaired) electrons. The molecule has 10 heteroatoms. The minimum absolute atomic E-state index is 0.0597. The number of rotatable bonds is 5. The summed E-state index contributed by atoms with van der Waals surface area (Å²) < 4.78 is 14.9. The number of aliphatic hydroxyl groups excluding tert-OH is 1. The summed E-state index contributed by atoms with van der Waals surface area (Å²) in [7, 11) is -1.07. The number of nitrogens with one attached hydrogen (secondary N) is 1. The number of fused-ring (bicyclic) bond motifs is 3. The van der Waals surface area contributed by atoms with Gasteiger partial charge in [-0.1, -0.05) is 11.6 Å². The summed E-state index contributed by atoms with van der Waals surface area (Å²) in [5.74, 6) is 2.49. The minimum atomic E-state index is -1.07. The molecule has 2 fully saturated rings. The smallest absolute Gasteiger partial charge is 0.160 e. The molecule has 3 aromatic heterocycles. The van der Waals surface area contributed by atoms with E-state index in [1.165, 1.54) is 0 Å². The maximum Gasteiger partial charge on any atom is 0.160 e. The fraction of sp³-hybridized carbons (Fsp3) is 0.565. The second-order valence-corrected chi connectivity index (χ2v) is 11.5. The molecule has 6 rings (SSSR count). The summed E-state index contributed by atoms with van der Waals surface area (Å²) in [6, 6.07) is 0.256. The second kappa shape index (κ2) is 8.29. The van der Waals surface area contributed by atoms with Gasteiger partial charge in [-0.15, -0.1) is 0 Å². The normalized spacial score (nSPS) is 26.2. The number of nitrogens with zero attached hydrogens (tertiary/aromatic N) is 5. The van der Waals surface area contributed by atoms with Crippen LogP contribution in [-0.4, -0.2) is 51.9 Å². The Morgan fingerprint density at radius 1 is 1.18 bits per heavy atom. The predicted octanol–water partition coefficient (Wildman–Crippen LogP) is 3.76. The SMILES string of the molecule is O=[S@]1CCc2c1c(NC1(CO)CCC1)nc1c2cnn1C1CCC(c2ncc(Cl)cn2)CC1. The Labute approximate surface area is 199 Å². The van der Waals surface area contributed by atoms with Gasteiger partial charge in [-0.05, 0) is 56.9 Å². The third kappa shape index (κ3) is 3.65. The van der Waals surface area contributed by atoms with Gasteiger partial charge in [0.25, 0.3) is 0 Å². The number of aryl methyl sites for hydroxylation is 1. The van der Waals surface area contributed by atoms with Crippen molar-refractivity contribution in [2.24, 2.45) is 0 Å². The zero-order valence-electron chi connectivity index (χ0n) is 18.3. The number of aromatic nitrogens is 5. The first-order valence-corrected chi connectivity index (χ1v) is 13.4. The quantitative estimate of drug-likeness (QED) is 0.565. The largest absolute Gasteiger partial charge is 0.394 e. The van der Waals surface area contributed by atoms with Crippen LogP contribution < -0.4 is 5.32 Å². The average Bonchev–Trinajstić information content (AvgIpc) is 3.41. The number of aliphatic hydroxyl groups is 1. The molecule has 0 bridgehead atoms. The molecule has 8 nitrogen and oxygen atoms in total. The Balaban J connectivity index is 1.31. The van der Waals surface area contributed by atoms with Crippen molar-refractivity contribution in [3.63, 3.8) is 0 Å². The van der Waals surface area contributed by atoms with Crippen LogP contribution in [0.4, 0.5) is 5.82 Å². The fourth-order valence-corrected chi connectivity index (χ4v) is 7.02. The number of hydrogen-bond donors (Lipinski definition) is 2. The van der Waals surface area contributed by atoms with E-state index in [4.69, 9.17) is 21.7 Å². The van der Waals surface area contributed by atoms with E-state index < -0.39 is 10.8 Å². The highest BCUT2D eigenvalue weighted by molar-refractivity contribution is 7.85. The lowest BCUT2D eigenvalue weighted by Gasteiger charge is -2.41. The van der Waals surface area contributed by atoms with Crippen LogP contribution in [0.3, 0.4) is 0 Å². The van der Waals surface area contributed by atoms with Crippen LogP contribution in [0.1, 0.15) is 68.3 Å². The van der Waals surface area contributed by atoms with Crippen LogP contribution in [0.2, 0.25) is 5.02 Å². The molecule has 2 aliphatic carbocycles. The van der Waals surface area contributed by atoms with Crippen molar-refractivity contribution in [3.8, 4) is 0 Å². The standard InChI is InChI=1S/C23H27ClN6O2S/c24-15-10-25-20(26-11-15)14-2-4-16(5-3-14)30-22-18(12-27-30)17-6-9-33(32)19(17)21(28-22)29-23(13-31)7-1-8-23/h10-12,14,16,31H,1-9,13H2,(H,28,29)/t14?,16?,33-/m0/s1. The molecule has 0 saturated heterocycles. The van der Waals surface area contributed by atoms with Gasteiger partial charge < -0.3 is 10.4 Å². The molecule has 0 amide bonds. The molecule has 4 heterocycles. The molecule has 3 aliphatic rings. The molecule has 0 unspecified atom stereocenters. The third-order valence-corrected chi connectivity index (χ3v) is 9.28. The Morgan fingerprint density at radius 3 is 2.61 bits per heavy atom. The summed E-state index contributed by atoms with van der Waals surface area (Å²) in [5, 5.41) is 19.8. The highest BCUT2D eigenvalue weighted by Gasteiger charge is 2.39. The second-order valence-electron chi connectivity index (χ2n) is 9.58. The van der Waals surface area contributed by atoms with Crippen LogP contribution in [0.25, 0.3) is 11.0 Å². The molecular weight excluding hydrogens is 460 g/mol. The first-order chi connectivity index (χ1) is 16.1. The van der Waals surface area contributed by atoms with Crippen molar-refractivity contribution in [2.45, 2.75) is 73.8 Å². The first-order valence-electron chi connectivity index (χ1n) is 11.7. The lowest BCUT2D eigenvalue weighted by molar-refractivity contribution is 0.143. The topological polar surface area (TPSA) is 106 Å². The molecule has 174 valence electrons. The van der Waals surface area contributed by atoms with E-state index in [9.17, 15) is 9.32 Å². The van der Waals surface area contributed by atoms with Crippen LogP contribution in [0, 0.1) is 0 Å². The summed E-state index contributed by atoms with van der Waals surface area (Å²) in [5.41, 5.74) is 1.61. The Morgan fingerprint density at radius 2 is 1.94 bits per heavy atom. The predicted molar refractivity (Wildman–Crippen MR) is 127 cm³/mol. The van der Waals surface area contributed by atoms with E-state index in [1.54, 1.807) is 12.4 Å². The highest BCUT2D eigenvalue weighted by atomic mass is 35.5. The van der Waals surface area contributed by atoms with Gasteiger partial charge in [-0.3, -0.25) is 4.21 Å². The highest BCUT2D eigenvalue weighted by Crippen LogP contribution is 2.42. The van der Waals surface area contributed by atoms with Crippen molar-refractivity contribution in [2.75, 3.05) is 17.7 Å². The van der Waals surface area contributed by atoms with Gasteiger partial charge in [0.1, 0.15) is 11.6 Å². The van der Waals surface area contributed by atoms with Gasteiger partial charge in [-0.2, -0.15) is 5.10 Å². The van der Waals surface area contributed by atoms with E-state index >= 15 is 0 Å². The Hall–Kier alpha value is -2.10. The molecule has 0 spiro atoms. The summed E-state index contributed by atoms with van der Waals surface area (Å²) in [6.45, 7) is 0.0597. The van der Waals surface area contributed by atoms with Crippen molar-refractivity contribution >= 4 is 39.3 Å². The molecule has 3 aromatic rings. The molecule has 2 N–H and O–H groups in total. The zero-order chi connectivity index (χ0) is 22.6. The number of anilines is 1. The third-order valence-electron chi connectivity index (χ3n) is 7.61. The number of halogens is 1. The van der Waals surface area contributed by atoms with Crippen molar-refractivity contribution in [3.05, 3.63) is 35.0 Å². The maximum absolute atomic E-state index is 12.8. The van der Waals surface area contributed by atoms with Crippen molar-refractivity contribution in [1.29, 1.82) is 0 Å². The minimum Gasteiger partial charge on any atom is -0.394 e. The molecule has 1 aliphatic heterocycles. The van der Waals surface area contributed by atoms with Crippen molar-refractivity contribution < 1.29 is 9.32 Å². The van der Waals surface area contributed by atoms with Gasteiger partial charge in [0.2, 0.25) is 0 Å². The Bertz CT molecular complexity index is 1210. The zero-order valence-corrected chi connectivity index (χ0v) is 19.9. The number of pyridine rings is 1. The number of hydrogen-bond acceptors (Lipinski definition) is 7. The maximum atomic E-state index is 12.8. The van der Waals surface area contributed by atoms with E-state index in [2.05, 4.69) is 20.0 Å². The van der Waals surface area contributed by atoms with Crippen LogP contribution in [-0.2, 0) is 17.2 Å². The molecule has 33 heavy (non-hydrogen) atoms. The molecule has 0 aromatic carbocycles. The van der Waals surface area contributed by atoms with E-state index in [0.717, 1.165) is 78.7 Å². The van der Waals surface area contributed by atoms with Crippen LogP contribution in [0.15, 0.2) is 23.5 Å². The molecule has 2 saturated carbocycles. The van der Waals surface area contributed by atoms with E-state index in [0.29, 0.717) is 22.5 Å². The monoisotopic (exact) mass is 486 g/mol. The lowest BCUT2D eigenvalue weighted by atomic mass is 9.77. The van der Waals surface area contributed by atoms with Gasteiger partial charge in [-0.25, -0.2) is 19.6 Å². The average molecular weight is 487 g/mol. The molecule has 1 atom stereocenters. The lowest BCUT2D eigenvalue weighted by Crippen LogP contribution is -2.48. The van der Waals surface area contributed by atoms with Crippen LogP contribution >= 0.6 is 11.6 Å². The van der Waals surface area contributed by atoms with E-state index in [1.807, 2.05) is 6.20 Å². The van der Waals surface area contributed by atoms with E-state index in [-0.39, 0.29) is 18.2 Å². The first kappa shape index (κ1) is 21.4. The Kier molecular flexibility index (Phi) is 5.38.